The van der Waals surface area contributed by atoms with Crippen molar-refractivity contribution in [3.05, 3.63) is 50.9 Å². The summed E-state index contributed by atoms with van der Waals surface area (Å²) in [5.41, 5.74) is 0.207. The number of H-pyrrole nitrogens is 1. The van der Waals surface area contributed by atoms with Crippen molar-refractivity contribution in [2.45, 2.75) is 11.6 Å². The van der Waals surface area contributed by atoms with Crippen LogP contribution in [-0.2, 0) is 6.42 Å². The van der Waals surface area contributed by atoms with Gasteiger partial charge in [-0.25, -0.2) is 0 Å². The number of thioether (sulfide) groups is 1. The van der Waals surface area contributed by atoms with Gasteiger partial charge in [-0.15, -0.1) is 10.2 Å². The van der Waals surface area contributed by atoms with E-state index in [2.05, 4.69) is 15.2 Å². The van der Waals surface area contributed by atoms with E-state index in [1.165, 1.54) is 11.8 Å². The molecule has 0 aliphatic rings. The molecule has 1 aromatic heterocycles. The first-order chi connectivity index (χ1) is 9.10. The molecule has 0 spiro atoms. The third kappa shape index (κ3) is 3.42. The van der Waals surface area contributed by atoms with Crippen LogP contribution in [-0.4, -0.2) is 27.2 Å². The predicted octanol–water partition coefficient (Wildman–Crippen LogP) is 1.97. The molecule has 0 radical (unpaired) electrons. The van der Waals surface area contributed by atoms with Gasteiger partial charge in [0.1, 0.15) is 5.69 Å². The van der Waals surface area contributed by atoms with Gasteiger partial charge in [0.2, 0.25) is 0 Å². The molecular formula is C12H10ClN3O2S. The van der Waals surface area contributed by atoms with Gasteiger partial charge in [0, 0.05) is 10.6 Å². The van der Waals surface area contributed by atoms with Crippen LogP contribution < -0.4 is 5.56 Å². The molecule has 7 heteroatoms. The monoisotopic (exact) mass is 295 g/mol. The number of aromatic amines is 1. The molecular weight excluding hydrogens is 286 g/mol. The molecule has 0 saturated heterocycles. The number of nitrogens with zero attached hydrogens (tertiary/aromatic N) is 2. The number of aromatic nitrogens is 3. The summed E-state index contributed by atoms with van der Waals surface area (Å²) in [6.45, 7) is 0. The molecule has 0 bridgehead atoms. The number of ketones is 1. The van der Waals surface area contributed by atoms with Crippen LogP contribution in [0.5, 0.6) is 0 Å². The largest absolute Gasteiger partial charge is 0.298 e. The highest BCUT2D eigenvalue weighted by atomic mass is 35.5. The van der Waals surface area contributed by atoms with Gasteiger partial charge in [-0.05, 0) is 30.5 Å². The topological polar surface area (TPSA) is 75.7 Å². The fraction of sp³-hybridized carbons (Fsp3) is 0.167. The van der Waals surface area contributed by atoms with E-state index in [9.17, 15) is 9.59 Å². The van der Waals surface area contributed by atoms with Crippen LogP contribution in [0.2, 0.25) is 5.02 Å². The van der Waals surface area contributed by atoms with Crippen LogP contribution in [0.25, 0.3) is 0 Å². The first-order valence-electron chi connectivity index (χ1n) is 5.39. The Balaban J connectivity index is 2.19. The van der Waals surface area contributed by atoms with Gasteiger partial charge in [-0.2, -0.15) is 0 Å². The summed E-state index contributed by atoms with van der Waals surface area (Å²) in [5, 5.41) is 8.55. The van der Waals surface area contributed by atoms with Crippen LogP contribution in [0.4, 0.5) is 0 Å². The first-order valence-corrected chi connectivity index (χ1v) is 6.99. The third-order valence-electron chi connectivity index (χ3n) is 2.43. The highest BCUT2D eigenvalue weighted by Crippen LogP contribution is 2.11. The Morgan fingerprint density at radius 2 is 2.00 bits per heavy atom. The molecule has 0 unspecified atom stereocenters. The van der Waals surface area contributed by atoms with Crippen molar-refractivity contribution in [3.63, 3.8) is 0 Å². The molecule has 1 N–H and O–H groups in total. The van der Waals surface area contributed by atoms with Crippen molar-refractivity contribution in [2.24, 2.45) is 0 Å². The Hall–Kier alpha value is -1.66. The summed E-state index contributed by atoms with van der Waals surface area (Å²) in [5.74, 6) is -0.201. The zero-order valence-corrected chi connectivity index (χ0v) is 11.6. The lowest BCUT2D eigenvalue weighted by Crippen LogP contribution is -2.20. The van der Waals surface area contributed by atoms with E-state index in [4.69, 9.17) is 11.6 Å². The molecule has 0 saturated carbocycles. The van der Waals surface area contributed by atoms with Crippen LogP contribution in [0, 0.1) is 0 Å². The van der Waals surface area contributed by atoms with E-state index < -0.39 is 0 Å². The van der Waals surface area contributed by atoms with Gasteiger partial charge in [0.15, 0.2) is 10.9 Å². The molecule has 0 aliphatic carbocycles. The Bertz CT molecular complexity index is 655. The summed E-state index contributed by atoms with van der Waals surface area (Å²) in [4.78, 5) is 26.2. The number of carbonyl (C=O) groups excluding carboxylic acids is 1. The van der Waals surface area contributed by atoms with Crippen LogP contribution in [0.3, 0.4) is 0 Å². The average molecular weight is 296 g/mol. The van der Waals surface area contributed by atoms with Gasteiger partial charge in [0.05, 0.1) is 6.42 Å². The van der Waals surface area contributed by atoms with Crippen molar-refractivity contribution in [1.82, 2.24) is 15.2 Å². The maximum Gasteiger partial charge on any atom is 0.274 e. The summed E-state index contributed by atoms with van der Waals surface area (Å²) in [7, 11) is 0. The van der Waals surface area contributed by atoms with Crippen molar-refractivity contribution in [3.8, 4) is 0 Å². The molecule has 1 aromatic carbocycles. The standard InChI is InChI=1S/C12H10ClN3O2S/c1-19-12-14-11(18)9(15-16-12)6-10(17)7-2-4-8(13)5-3-7/h2-5H,6H2,1H3,(H,14,16,18). The highest BCUT2D eigenvalue weighted by Gasteiger charge is 2.12. The lowest BCUT2D eigenvalue weighted by Gasteiger charge is -2.01. The fourth-order valence-corrected chi connectivity index (χ4v) is 1.89. The number of benzene rings is 1. The Labute approximate surface area is 118 Å². The minimum Gasteiger partial charge on any atom is -0.298 e. The van der Waals surface area contributed by atoms with E-state index in [0.717, 1.165) is 0 Å². The van der Waals surface area contributed by atoms with Gasteiger partial charge < -0.3 is 0 Å². The second-order valence-corrected chi connectivity index (χ2v) is 4.95. The summed E-state index contributed by atoms with van der Waals surface area (Å²) in [6.07, 6.45) is 1.69. The van der Waals surface area contributed by atoms with E-state index >= 15 is 0 Å². The van der Waals surface area contributed by atoms with Gasteiger partial charge in [-0.1, -0.05) is 23.4 Å². The van der Waals surface area contributed by atoms with Gasteiger partial charge in [-0.3, -0.25) is 14.6 Å². The molecule has 19 heavy (non-hydrogen) atoms. The molecule has 0 atom stereocenters. The van der Waals surface area contributed by atoms with Crippen molar-refractivity contribution < 1.29 is 4.79 Å². The van der Waals surface area contributed by atoms with E-state index in [1.54, 1.807) is 30.5 Å². The molecule has 5 nitrogen and oxygen atoms in total. The minimum absolute atomic E-state index is 0.0847. The zero-order valence-electron chi connectivity index (χ0n) is 10.0. The Kier molecular flexibility index (Phi) is 4.34. The Morgan fingerprint density at radius 3 is 2.58 bits per heavy atom. The molecule has 0 amide bonds. The minimum atomic E-state index is -0.387. The van der Waals surface area contributed by atoms with Crippen molar-refractivity contribution >= 4 is 29.1 Å². The molecule has 0 fully saturated rings. The number of Topliss-reactive ketones (excluding diaryl/α,β-unsaturated/α-hetero) is 1. The average Bonchev–Trinajstić information content (AvgIpc) is 2.41. The third-order valence-corrected chi connectivity index (χ3v) is 3.25. The van der Waals surface area contributed by atoms with Crippen molar-refractivity contribution in [2.75, 3.05) is 6.26 Å². The SMILES string of the molecule is CSc1nnc(CC(=O)c2ccc(Cl)cc2)c(=O)[nH]1. The van der Waals surface area contributed by atoms with Crippen LogP contribution in [0.15, 0.2) is 34.2 Å². The summed E-state index contributed by atoms with van der Waals surface area (Å²) < 4.78 is 0. The number of rotatable bonds is 4. The fourth-order valence-electron chi connectivity index (χ4n) is 1.44. The number of carbonyl (C=O) groups is 1. The summed E-state index contributed by atoms with van der Waals surface area (Å²) >= 11 is 7.02. The van der Waals surface area contributed by atoms with E-state index in [0.29, 0.717) is 15.7 Å². The number of halogens is 1. The number of nitrogens with one attached hydrogen (secondary N) is 1. The molecule has 98 valence electrons. The molecule has 0 aliphatic heterocycles. The quantitative estimate of drug-likeness (QED) is 0.689. The highest BCUT2D eigenvalue weighted by molar-refractivity contribution is 7.98. The second-order valence-electron chi connectivity index (χ2n) is 3.72. The summed E-state index contributed by atoms with van der Waals surface area (Å²) in [6, 6.07) is 6.48. The van der Waals surface area contributed by atoms with Gasteiger partial charge >= 0.3 is 0 Å². The molecule has 1 heterocycles. The van der Waals surface area contributed by atoms with Crippen molar-refractivity contribution in [1.29, 1.82) is 0 Å². The first kappa shape index (κ1) is 13.8. The van der Waals surface area contributed by atoms with Gasteiger partial charge in [0.25, 0.3) is 5.56 Å². The van der Waals surface area contributed by atoms with Crippen LogP contribution >= 0.6 is 23.4 Å². The van der Waals surface area contributed by atoms with Crippen LogP contribution in [0.1, 0.15) is 16.1 Å². The normalized spacial score (nSPS) is 10.4. The number of hydrogen-bond donors (Lipinski definition) is 1. The maximum absolute atomic E-state index is 12.0. The van der Waals surface area contributed by atoms with E-state index in [-0.39, 0.29) is 23.5 Å². The second kappa shape index (κ2) is 5.99. The van der Waals surface area contributed by atoms with E-state index in [1.807, 2.05) is 0 Å². The lowest BCUT2D eigenvalue weighted by atomic mass is 10.1. The smallest absolute Gasteiger partial charge is 0.274 e. The lowest BCUT2D eigenvalue weighted by molar-refractivity contribution is 0.0991. The molecule has 2 aromatic rings. The number of hydrogen-bond acceptors (Lipinski definition) is 5. The predicted molar refractivity (Wildman–Crippen MR) is 73.9 cm³/mol. The zero-order chi connectivity index (χ0) is 13.8. The maximum atomic E-state index is 12.0. The molecule has 2 rings (SSSR count). The Morgan fingerprint density at radius 1 is 1.32 bits per heavy atom.